The minimum atomic E-state index is -0.0534. The highest BCUT2D eigenvalue weighted by Gasteiger charge is 2.12. The Labute approximate surface area is 123 Å². The quantitative estimate of drug-likeness (QED) is 0.880. The van der Waals surface area contributed by atoms with Gasteiger partial charge in [0.15, 0.2) is 0 Å². The summed E-state index contributed by atoms with van der Waals surface area (Å²) in [6.07, 6.45) is 0. The normalized spacial score (nSPS) is 10.4. The van der Waals surface area contributed by atoms with Crippen molar-refractivity contribution in [2.75, 3.05) is 14.2 Å². The van der Waals surface area contributed by atoms with Crippen molar-refractivity contribution >= 4 is 12.6 Å². The van der Waals surface area contributed by atoms with Crippen molar-refractivity contribution in [1.29, 1.82) is 0 Å². The monoisotopic (exact) mass is 291 g/mol. The van der Waals surface area contributed by atoms with Gasteiger partial charge in [-0.25, -0.2) is 0 Å². The second-order valence-electron chi connectivity index (χ2n) is 4.33. The third kappa shape index (κ3) is 2.54. The Morgan fingerprint density at radius 2 is 1.90 bits per heavy atom. The maximum atomic E-state index is 12.2. The first-order chi connectivity index (χ1) is 9.62. The Morgan fingerprint density at radius 3 is 2.50 bits per heavy atom. The summed E-state index contributed by atoms with van der Waals surface area (Å²) in [5, 5.41) is 0. The fourth-order valence-electron chi connectivity index (χ4n) is 2.09. The van der Waals surface area contributed by atoms with Crippen LogP contribution in [0.15, 0.2) is 35.1 Å². The summed E-state index contributed by atoms with van der Waals surface area (Å²) in [5.74, 6) is 1.83. The van der Waals surface area contributed by atoms with Crippen LogP contribution in [0.2, 0.25) is 0 Å². The second-order valence-corrected chi connectivity index (χ2v) is 4.65. The molecule has 0 spiro atoms. The molecule has 0 N–H and O–H groups in total. The molecule has 5 heteroatoms. The number of nitrogens with zero attached hydrogens (tertiary/aromatic N) is 1. The lowest BCUT2D eigenvalue weighted by atomic mass is 10.1. The summed E-state index contributed by atoms with van der Waals surface area (Å²) in [5.41, 5.74) is 2.21. The minimum absolute atomic E-state index is 0.0534. The number of hydrogen-bond donors (Lipinski definition) is 1. The van der Waals surface area contributed by atoms with E-state index >= 15 is 0 Å². The summed E-state index contributed by atoms with van der Waals surface area (Å²) < 4.78 is 12.2. The number of aromatic nitrogens is 1. The molecule has 20 heavy (non-hydrogen) atoms. The Balaban J connectivity index is 2.67. The van der Waals surface area contributed by atoms with E-state index in [1.165, 1.54) is 0 Å². The predicted molar refractivity (Wildman–Crippen MR) is 82.9 cm³/mol. The standard InChI is InChI=1S/C15H17NO3S/c1-16-13(6-4-10(9-20)15(16)17)12-8-11(18-2)5-7-14(12)19-3/h4-8,20H,9H2,1-3H3. The number of ether oxygens (including phenoxy) is 2. The average Bonchev–Trinajstić information content (AvgIpc) is 2.49. The molecule has 1 heterocycles. The van der Waals surface area contributed by atoms with Crippen LogP contribution in [-0.2, 0) is 12.8 Å². The van der Waals surface area contributed by atoms with Crippen molar-refractivity contribution in [1.82, 2.24) is 4.57 Å². The van der Waals surface area contributed by atoms with Crippen molar-refractivity contribution in [3.63, 3.8) is 0 Å². The highest BCUT2D eigenvalue weighted by atomic mass is 32.1. The zero-order valence-corrected chi connectivity index (χ0v) is 12.6. The first-order valence-corrected chi connectivity index (χ1v) is 6.77. The molecule has 0 atom stereocenters. The van der Waals surface area contributed by atoms with Crippen LogP contribution in [0, 0.1) is 0 Å². The van der Waals surface area contributed by atoms with E-state index in [9.17, 15) is 4.79 Å². The number of methoxy groups -OCH3 is 2. The number of thiol groups is 1. The van der Waals surface area contributed by atoms with Crippen molar-refractivity contribution in [3.8, 4) is 22.8 Å². The fraction of sp³-hybridized carbons (Fsp3) is 0.267. The lowest BCUT2D eigenvalue weighted by Gasteiger charge is -2.14. The van der Waals surface area contributed by atoms with Crippen LogP contribution in [0.4, 0.5) is 0 Å². The third-order valence-corrected chi connectivity index (χ3v) is 3.58. The minimum Gasteiger partial charge on any atom is -0.497 e. The van der Waals surface area contributed by atoms with Gasteiger partial charge in [0.25, 0.3) is 5.56 Å². The summed E-state index contributed by atoms with van der Waals surface area (Å²) in [4.78, 5) is 12.2. The molecule has 0 fully saturated rings. The molecule has 0 saturated carbocycles. The van der Waals surface area contributed by atoms with Crippen LogP contribution in [0.5, 0.6) is 11.5 Å². The van der Waals surface area contributed by atoms with Gasteiger partial charge in [0.2, 0.25) is 0 Å². The molecule has 0 amide bonds. The second kappa shape index (κ2) is 6.05. The smallest absolute Gasteiger partial charge is 0.254 e. The number of benzene rings is 1. The molecule has 2 aromatic rings. The summed E-state index contributed by atoms with van der Waals surface area (Å²) in [7, 11) is 4.95. The van der Waals surface area contributed by atoms with Crippen molar-refractivity contribution in [2.45, 2.75) is 5.75 Å². The lowest BCUT2D eigenvalue weighted by molar-refractivity contribution is 0.404. The largest absolute Gasteiger partial charge is 0.497 e. The lowest BCUT2D eigenvalue weighted by Crippen LogP contribution is -2.21. The van der Waals surface area contributed by atoms with E-state index in [4.69, 9.17) is 9.47 Å². The molecule has 0 bridgehead atoms. The molecule has 0 saturated heterocycles. The molecule has 0 aliphatic carbocycles. The van der Waals surface area contributed by atoms with Gasteiger partial charge < -0.3 is 14.0 Å². The van der Waals surface area contributed by atoms with Gasteiger partial charge in [-0.05, 0) is 24.3 Å². The van der Waals surface area contributed by atoms with Gasteiger partial charge in [0.05, 0.1) is 19.9 Å². The maximum absolute atomic E-state index is 12.2. The van der Waals surface area contributed by atoms with Gasteiger partial charge in [-0.1, -0.05) is 6.07 Å². The molecule has 0 aliphatic heterocycles. The van der Waals surface area contributed by atoms with Gasteiger partial charge in [0.1, 0.15) is 11.5 Å². The van der Waals surface area contributed by atoms with Crippen LogP contribution in [-0.4, -0.2) is 18.8 Å². The molecular weight excluding hydrogens is 274 g/mol. The maximum Gasteiger partial charge on any atom is 0.254 e. The van der Waals surface area contributed by atoms with Crippen molar-refractivity contribution < 1.29 is 9.47 Å². The number of rotatable bonds is 4. The van der Waals surface area contributed by atoms with E-state index in [1.54, 1.807) is 31.9 Å². The molecular formula is C15H17NO3S. The van der Waals surface area contributed by atoms with Gasteiger partial charge in [-0.2, -0.15) is 12.6 Å². The Bertz CT molecular complexity index is 679. The van der Waals surface area contributed by atoms with Gasteiger partial charge in [-0.3, -0.25) is 4.79 Å². The highest BCUT2D eigenvalue weighted by molar-refractivity contribution is 7.79. The zero-order chi connectivity index (χ0) is 14.7. The van der Waals surface area contributed by atoms with Crippen LogP contribution >= 0.6 is 12.6 Å². The van der Waals surface area contributed by atoms with E-state index in [2.05, 4.69) is 12.6 Å². The van der Waals surface area contributed by atoms with Crippen LogP contribution in [0.3, 0.4) is 0 Å². The SMILES string of the molecule is COc1ccc(OC)c(-c2ccc(CS)c(=O)n2C)c1. The predicted octanol–water partition coefficient (Wildman–Crippen LogP) is 2.50. The molecule has 2 rings (SSSR count). The summed E-state index contributed by atoms with van der Waals surface area (Å²) in [6.45, 7) is 0. The summed E-state index contributed by atoms with van der Waals surface area (Å²) in [6, 6.07) is 9.19. The molecule has 0 aliphatic rings. The third-order valence-electron chi connectivity index (χ3n) is 3.24. The summed E-state index contributed by atoms with van der Waals surface area (Å²) >= 11 is 4.16. The number of pyridine rings is 1. The fourth-order valence-corrected chi connectivity index (χ4v) is 2.33. The molecule has 1 aromatic carbocycles. The van der Waals surface area contributed by atoms with Crippen LogP contribution in [0.1, 0.15) is 5.56 Å². The van der Waals surface area contributed by atoms with E-state index in [1.807, 2.05) is 24.3 Å². The average molecular weight is 291 g/mol. The first kappa shape index (κ1) is 14.5. The first-order valence-electron chi connectivity index (χ1n) is 6.14. The topological polar surface area (TPSA) is 40.5 Å². The van der Waals surface area contributed by atoms with Crippen molar-refractivity contribution in [3.05, 3.63) is 46.2 Å². The number of hydrogen-bond acceptors (Lipinski definition) is 4. The Hall–Kier alpha value is -1.88. The van der Waals surface area contributed by atoms with Gasteiger partial charge >= 0.3 is 0 Å². The molecule has 0 unspecified atom stereocenters. The highest BCUT2D eigenvalue weighted by Crippen LogP contribution is 2.32. The van der Waals surface area contributed by atoms with E-state index in [-0.39, 0.29) is 5.56 Å². The van der Waals surface area contributed by atoms with E-state index in [0.717, 1.165) is 11.3 Å². The molecule has 4 nitrogen and oxygen atoms in total. The molecule has 0 radical (unpaired) electrons. The van der Waals surface area contributed by atoms with Gasteiger partial charge in [-0.15, -0.1) is 0 Å². The Morgan fingerprint density at radius 1 is 1.15 bits per heavy atom. The van der Waals surface area contributed by atoms with Crippen molar-refractivity contribution in [2.24, 2.45) is 7.05 Å². The van der Waals surface area contributed by atoms with Crippen LogP contribution in [0.25, 0.3) is 11.3 Å². The van der Waals surface area contributed by atoms with Gasteiger partial charge in [0, 0.05) is 23.9 Å². The Kier molecular flexibility index (Phi) is 4.39. The van der Waals surface area contributed by atoms with E-state index in [0.29, 0.717) is 22.8 Å². The molecule has 106 valence electrons. The molecule has 1 aromatic heterocycles. The zero-order valence-electron chi connectivity index (χ0n) is 11.7. The van der Waals surface area contributed by atoms with E-state index < -0.39 is 0 Å². The van der Waals surface area contributed by atoms with Crippen LogP contribution < -0.4 is 15.0 Å².